The van der Waals surface area contributed by atoms with E-state index in [1.54, 1.807) is 18.2 Å². The maximum Gasteiger partial charge on any atom is 0.252 e. The molecular weight excluding hydrogens is 534 g/mol. The summed E-state index contributed by atoms with van der Waals surface area (Å²) in [6.45, 7) is 13.0. The lowest BCUT2D eigenvalue weighted by molar-refractivity contribution is 0.452. The highest BCUT2D eigenvalue weighted by molar-refractivity contribution is 7.72. The molecule has 7 heteroatoms. The van der Waals surface area contributed by atoms with Gasteiger partial charge < -0.3 is 9.05 Å². The maximum absolute atomic E-state index is 7.00. The molecule has 0 atom stereocenters. The number of hydrogen-bond acceptors (Lipinski definition) is 4. The molecule has 0 N–H and O–H groups in total. The number of halogens is 2. The molecule has 198 valence electrons. The number of benzene rings is 3. The van der Waals surface area contributed by atoms with Gasteiger partial charge in [0, 0.05) is 15.6 Å². The third kappa shape index (κ3) is 6.43. The molecule has 1 aliphatic rings. The fourth-order valence-electron chi connectivity index (χ4n) is 4.14. The second-order valence-electron chi connectivity index (χ2n) is 11.1. The van der Waals surface area contributed by atoms with E-state index in [0.717, 1.165) is 22.1 Å². The van der Waals surface area contributed by atoms with Crippen molar-refractivity contribution in [3.8, 4) is 11.5 Å². The Hall–Kier alpha value is -2.78. The number of azo groups is 1. The zero-order valence-corrected chi connectivity index (χ0v) is 25.0. The van der Waals surface area contributed by atoms with Crippen LogP contribution in [0.5, 0.6) is 11.5 Å². The summed E-state index contributed by atoms with van der Waals surface area (Å²) < 4.78 is 14.0. The van der Waals surface area contributed by atoms with E-state index < -0.39 is 7.34 Å². The summed E-state index contributed by atoms with van der Waals surface area (Å²) in [6.07, 6.45) is 4.12. The first-order valence-corrected chi connectivity index (χ1v) is 14.8. The summed E-state index contributed by atoms with van der Waals surface area (Å²) in [7, 11) is -2.89. The topological polar surface area (TPSA) is 43.2 Å². The third-order valence-corrected chi connectivity index (χ3v) is 10.2. The van der Waals surface area contributed by atoms with Gasteiger partial charge in [-0.15, -0.1) is 5.11 Å². The lowest BCUT2D eigenvalue weighted by Gasteiger charge is -2.42. The number of nitrogens with zero attached hydrogens (tertiary/aromatic N) is 2. The molecule has 0 saturated heterocycles. The van der Waals surface area contributed by atoms with Gasteiger partial charge in [0.15, 0.2) is 0 Å². The minimum atomic E-state index is -2.89. The smallest absolute Gasteiger partial charge is 0.252 e. The first-order valence-electron chi connectivity index (χ1n) is 12.5. The van der Waals surface area contributed by atoms with Gasteiger partial charge in [0.25, 0.3) is 7.34 Å². The Kier molecular flexibility index (Phi) is 8.28. The zero-order chi connectivity index (χ0) is 27.6. The number of hydrogen-bond donors (Lipinski definition) is 0. The molecule has 0 radical (unpaired) electrons. The van der Waals surface area contributed by atoms with E-state index in [4.69, 9.17) is 32.2 Å². The van der Waals surface area contributed by atoms with Crippen molar-refractivity contribution in [3.63, 3.8) is 0 Å². The van der Waals surface area contributed by atoms with Gasteiger partial charge >= 0.3 is 0 Å². The molecule has 0 aliphatic carbocycles. The van der Waals surface area contributed by atoms with E-state index >= 15 is 0 Å². The lowest BCUT2D eigenvalue weighted by atomic mass is 9.90. The molecular formula is C31H33Cl2N2O2P. The van der Waals surface area contributed by atoms with Crippen molar-refractivity contribution in [1.82, 2.24) is 0 Å². The van der Waals surface area contributed by atoms with Crippen LogP contribution < -0.4 is 9.05 Å². The molecule has 0 fully saturated rings. The molecule has 1 heterocycles. The highest BCUT2D eigenvalue weighted by Gasteiger charge is 2.44. The molecule has 4 nitrogen and oxygen atoms in total. The van der Waals surface area contributed by atoms with Crippen molar-refractivity contribution in [3.05, 3.63) is 112 Å². The molecule has 0 spiro atoms. The SMILES string of the molecule is CC(C)(C)C1=CC(N=Nc2ccc(Cl)cc2Cl)=CC(C(C)(C)C)=P1(Oc1ccccc1)Oc1ccccc1. The quantitative estimate of drug-likeness (QED) is 0.220. The van der Waals surface area contributed by atoms with Gasteiger partial charge in [-0.2, -0.15) is 5.11 Å². The third-order valence-electron chi connectivity index (χ3n) is 5.88. The largest absolute Gasteiger partial charge is 0.440 e. The van der Waals surface area contributed by atoms with Gasteiger partial charge in [-0.05, 0) is 65.4 Å². The van der Waals surface area contributed by atoms with E-state index in [2.05, 4.69) is 63.9 Å². The van der Waals surface area contributed by atoms with Crippen LogP contribution in [-0.4, -0.2) is 5.29 Å². The van der Waals surface area contributed by atoms with Gasteiger partial charge in [-0.3, -0.25) is 0 Å². The number of para-hydroxylation sites is 2. The first-order chi connectivity index (χ1) is 17.9. The first kappa shape index (κ1) is 28.2. The van der Waals surface area contributed by atoms with Crippen molar-refractivity contribution in [2.75, 3.05) is 0 Å². The average Bonchev–Trinajstić information content (AvgIpc) is 2.84. The molecule has 38 heavy (non-hydrogen) atoms. The normalized spacial score (nSPS) is 15.7. The van der Waals surface area contributed by atoms with Crippen molar-refractivity contribution < 1.29 is 9.05 Å². The molecule has 0 amide bonds. The Bertz CT molecular complexity index is 1400. The van der Waals surface area contributed by atoms with Gasteiger partial charge in [0.2, 0.25) is 0 Å². The fourth-order valence-corrected chi connectivity index (χ4v) is 8.49. The van der Waals surface area contributed by atoms with Gasteiger partial charge in [0.05, 0.1) is 10.7 Å². The van der Waals surface area contributed by atoms with Crippen LogP contribution in [0.4, 0.5) is 5.69 Å². The Labute approximate surface area is 236 Å². The van der Waals surface area contributed by atoms with E-state index in [9.17, 15) is 0 Å². The standard InChI is InChI=1S/C31H33Cl2N2O2P/c1-30(2,3)28-20-23(34-35-27-18-17-22(32)19-26(27)33)21-29(31(4,5)6)38(28,36-24-13-9-7-10-14-24)37-25-15-11-8-12-16-25/h7-21H,1-6H3. The summed E-state index contributed by atoms with van der Waals surface area (Å²) in [4.78, 5) is 0. The Balaban J connectivity index is 1.99. The molecule has 1 aliphatic heterocycles. The summed E-state index contributed by atoms with van der Waals surface area (Å²) in [5.41, 5.74) is 0.643. The number of rotatable bonds is 6. The average molecular weight is 567 g/mol. The van der Waals surface area contributed by atoms with E-state index in [1.807, 2.05) is 60.7 Å². The summed E-state index contributed by atoms with van der Waals surface area (Å²) in [6, 6.07) is 24.9. The highest BCUT2D eigenvalue weighted by Crippen LogP contribution is 2.66. The van der Waals surface area contributed by atoms with Gasteiger partial charge in [-0.25, -0.2) is 0 Å². The van der Waals surface area contributed by atoms with Crippen molar-refractivity contribution >= 4 is 41.5 Å². The second kappa shape index (κ2) is 11.1. The predicted octanol–water partition coefficient (Wildman–Crippen LogP) is 11.1. The van der Waals surface area contributed by atoms with Gasteiger partial charge in [0.1, 0.15) is 17.2 Å². The Morgan fingerprint density at radius 1 is 0.658 bits per heavy atom. The van der Waals surface area contributed by atoms with Crippen LogP contribution in [0.3, 0.4) is 0 Å². The highest BCUT2D eigenvalue weighted by atomic mass is 35.5. The predicted molar refractivity (Wildman–Crippen MR) is 162 cm³/mol. The summed E-state index contributed by atoms with van der Waals surface area (Å²) in [5, 5.41) is 12.1. The lowest BCUT2D eigenvalue weighted by Crippen LogP contribution is -2.29. The maximum atomic E-state index is 7.00. The Morgan fingerprint density at radius 2 is 1.21 bits per heavy atom. The monoisotopic (exact) mass is 566 g/mol. The molecule has 3 aromatic rings. The summed E-state index contributed by atoms with van der Waals surface area (Å²) >= 11 is 12.4. The van der Waals surface area contributed by atoms with Crippen LogP contribution in [0, 0.1) is 10.8 Å². The summed E-state index contributed by atoms with van der Waals surface area (Å²) in [5.74, 6) is 1.50. The van der Waals surface area contributed by atoms with Crippen molar-refractivity contribution in [2.24, 2.45) is 21.1 Å². The second-order valence-corrected chi connectivity index (χ2v) is 14.4. The molecule has 3 aromatic carbocycles. The minimum Gasteiger partial charge on any atom is -0.440 e. The zero-order valence-electron chi connectivity index (χ0n) is 22.6. The van der Waals surface area contributed by atoms with Crippen LogP contribution >= 0.6 is 30.5 Å². The number of allylic oxidation sites excluding steroid dienone is 3. The molecule has 0 unspecified atom stereocenters. The van der Waals surface area contributed by atoms with Crippen LogP contribution in [0.2, 0.25) is 10.0 Å². The van der Waals surface area contributed by atoms with Crippen molar-refractivity contribution in [1.29, 1.82) is 0 Å². The molecule has 4 rings (SSSR count). The van der Waals surface area contributed by atoms with E-state index in [0.29, 0.717) is 21.4 Å². The van der Waals surface area contributed by atoms with Crippen LogP contribution in [-0.2, 0) is 0 Å². The molecule has 0 aromatic heterocycles. The van der Waals surface area contributed by atoms with Crippen LogP contribution in [0.1, 0.15) is 41.5 Å². The van der Waals surface area contributed by atoms with E-state index in [1.165, 1.54) is 0 Å². The van der Waals surface area contributed by atoms with Crippen LogP contribution in [0.25, 0.3) is 0 Å². The van der Waals surface area contributed by atoms with Crippen molar-refractivity contribution in [2.45, 2.75) is 41.5 Å². The fraction of sp³-hybridized carbons (Fsp3) is 0.258. The minimum absolute atomic E-state index is 0.305. The van der Waals surface area contributed by atoms with E-state index in [-0.39, 0.29) is 10.8 Å². The molecule has 0 bridgehead atoms. The molecule has 0 saturated carbocycles. The van der Waals surface area contributed by atoms with Gasteiger partial charge in [-0.1, -0.05) is 101 Å². The van der Waals surface area contributed by atoms with Crippen LogP contribution in [0.15, 0.2) is 112 Å². The Morgan fingerprint density at radius 3 is 1.68 bits per heavy atom.